The number of thioether (sulfide) groups is 1. The Morgan fingerprint density at radius 2 is 1.94 bits per heavy atom. The molecule has 1 atom stereocenters. The summed E-state index contributed by atoms with van der Waals surface area (Å²) in [5.74, 6) is 1.26. The van der Waals surface area contributed by atoms with Crippen molar-refractivity contribution in [3.05, 3.63) is 59.9 Å². The second kappa shape index (κ2) is 9.44. The first-order chi connectivity index (χ1) is 15.5. The van der Waals surface area contributed by atoms with Gasteiger partial charge in [0.2, 0.25) is 5.91 Å². The molecule has 0 spiro atoms. The highest BCUT2D eigenvalue weighted by Gasteiger charge is 2.32. The van der Waals surface area contributed by atoms with Crippen molar-refractivity contribution in [3.8, 4) is 5.75 Å². The van der Waals surface area contributed by atoms with Crippen LogP contribution < -0.4 is 15.0 Å². The highest BCUT2D eigenvalue weighted by Crippen LogP contribution is 2.37. The van der Waals surface area contributed by atoms with E-state index in [1.54, 1.807) is 4.90 Å². The van der Waals surface area contributed by atoms with Gasteiger partial charge in [0.1, 0.15) is 5.75 Å². The molecule has 4 rings (SSSR count). The van der Waals surface area contributed by atoms with Crippen LogP contribution in [0.3, 0.4) is 0 Å². The zero-order chi connectivity index (χ0) is 22.7. The molecule has 0 bridgehead atoms. The smallest absolute Gasteiger partial charge is 0.265 e. The molecule has 0 radical (unpaired) electrons. The fourth-order valence-corrected chi connectivity index (χ4v) is 4.46. The topological polar surface area (TPSA) is 89.3 Å². The van der Waals surface area contributed by atoms with Crippen LogP contribution in [0.5, 0.6) is 5.75 Å². The summed E-state index contributed by atoms with van der Waals surface area (Å²) in [7, 11) is 1.84. The minimum absolute atomic E-state index is 0.0137. The molecule has 0 unspecified atom stereocenters. The Balaban J connectivity index is 1.46. The molecule has 3 aromatic rings. The van der Waals surface area contributed by atoms with Gasteiger partial charge in [-0.25, -0.2) is 0 Å². The molecule has 1 aliphatic heterocycles. The summed E-state index contributed by atoms with van der Waals surface area (Å²) in [6.07, 6.45) is 0.845. The summed E-state index contributed by atoms with van der Waals surface area (Å²) < 4.78 is 7.36. The normalized spacial score (nSPS) is 14.0. The molecule has 2 amide bonds. The fourth-order valence-electron chi connectivity index (χ4n) is 3.74. The number of aromatic nitrogens is 3. The molecule has 2 aromatic carbocycles. The lowest BCUT2D eigenvalue weighted by atomic mass is 10.1. The number of nitrogens with zero attached hydrogens (tertiary/aromatic N) is 4. The third-order valence-corrected chi connectivity index (χ3v) is 6.40. The lowest BCUT2D eigenvalue weighted by Gasteiger charge is -2.33. The number of ether oxygens (including phenoxy) is 1. The van der Waals surface area contributed by atoms with Gasteiger partial charge < -0.3 is 14.6 Å². The fraction of sp³-hybridized carbons (Fsp3) is 0.304. The average Bonchev–Trinajstić information content (AvgIpc) is 3.17. The van der Waals surface area contributed by atoms with E-state index in [-0.39, 0.29) is 30.2 Å². The monoisotopic (exact) mass is 451 g/mol. The van der Waals surface area contributed by atoms with Gasteiger partial charge in [0.05, 0.1) is 17.5 Å². The predicted molar refractivity (Wildman–Crippen MR) is 124 cm³/mol. The Morgan fingerprint density at radius 3 is 2.75 bits per heavy atom. The second-order valence-corrected chi connectivity index (χ2v) is 8.39. The number of rotatable bonds is 7. The quantitative estimate of drug-likeness (QED) is 0.552. The van der Waals surface area contributed by atoms with Gasteiger partial charge in [0.25, 0.3) is 5.91 Å². The average molecular weight is 452 g/mol. The Hall–Kier alpha value is -3.33. The molecule has 0 aliphatic carbocycles. The molecular weight excluding hydrogens is 426 g/mol. The van der Waals surface area contributed by atoms with E-state index in [4.69, 9.17) is 4.74 Å². The lowest BCUT2D eigenvalue weighted by molar-refractivity contribution is -0.121. The summed E-state index contributed by atoms with van der Waals surface area (Å²) in [6, 6.07) is 14.9. The zero-order valence-electron chi connectivity index (χ0n) is 18.2. The van der Waals surface area contributed by atoms with Gasteiger partial charge in [-0.1, -0.05) is 49.0 Å². The minimum atomic E-state index is -0.343. The molecule has 8 nitrogen and oxygen atoms in total. The van der Waals surface area contributed by atoms with E-state index < -0.39 is 0 Å². The molecule has 32 heavy (non-hydrogen) atoms. The maximum atomic E-state index is 12.6. The minimum Gasteiger partial charge on any atom is -0.482 e. The van der Waals surface area contributed by atoms with Crippen LogP contribution in [0.25, 0.3) is 0 Å². The number of carbonyl (C=O) groups excluding carboxylic acids is 2. The van der Waals surface area contributed by atoms with E-state index in [9.17, 15) is 9.59 Å². The van der Waals surface area contributed by atoms with Crippen LogP contribution in [0.1, 0.15) is 31.3 Å². The van der Waals surface area contributed by atoms with Crippen molar-refractivity contribution >= 4 is 35.0 Å². The third-order valence-electron chi connectivity index (χ3n) is 5.38. The number of hydrogen-bond donors (Lipinski definition) is 1. The van der Waals surface area contributed by atoms with Crippen LogP contribution >= 0.6 is 11.8 Å². The first kappa shape index (κ1) is 21.9. The summed E-state index contributed by atoms with van der Waals surface area (Å²) in [6.45, 7) is 3.95. The number of amides is 2. The van der Waals surface area contributed by atoms with Gasteiger partial charge in [-0.05, 0) is 37.1 Å². The van der Waals surface area contributed by atoms with Gasteiger partial charge in [-0.15, -0.1) is 10.2 Å². The number of fused-ring (bicyclic) bond motifs is 1. The molecule has 166 valence electrons. The first-order valence-corrected chi connectivity index (χ1v) is 11.4. The molecule has 0 fully saturated rings. The Bertz CT molecular complexity index is 1150. The maximum absolute atomic E-state index is 12.6. The molecule has 1 N–H and O–H groups in total. The number of hydrogen-bond acceptors (Lipinski definition) is 6. The van der Waals surface area contributed by atoms with E-state index in [1.807, 2.05) is 67.1 Å². The van der Waals surface area contributed by atoms with Crippen molar-refractivity contribution in [1.29, 1.82) is 0 Å². The molecular formula is C23H25N5O3S. The van der Waals surface area contributed by atoms with Crippen LogP contribution in [-0.2, 0) is 23.1 Å². The number of nitrogens with one attached hydrogen (secondary N) is 1. The van der Waals surface area contributed by atoms with Gasteiger partial charge in [-0.2, -0.15) is 0 Å². The predicted octanol–water partition coefficient (Wildman–Crippen LogP) is 3.59. The van der Waals surface area contributed by atoms with Crippen molar-refractivity contribution in [2.45, 2.75) is 31.5 Å². The number of anilines is 2. The molecule has 0 saturated heterocycles. The van der Waals surface area contributed by atoms with Gasteiger partial charge in [0, 0.05) is 12.7 Å². The highest BCUT2D eigenvalue weighted by molar-refractivity contribution is 7.99. The van der Waals surface area contributed by atoms with Crippen molar-refractivity contribution in [2.24, 2.45) is 7.05 Å². The summed E-state index contributed by atoms with van der Waals surface area (Å²) in [5.41, 5.74) is 2.64. The van der Waals surface area contributed by atoms with Crippen LogP contribution in [0, 0.1) is 0 Å². The van der Waals surface area contributed by atoms with E-state index in [0.717, 1.165) is 17.7 Å². The molecule has 9 heteroatoms. The van der Waals surface area contributed by atoms with Crippen molar-refractivity contribution < 1.29 is 14.3 Å². The number of carbonyl (C=O) groups is 2. The highest BCUT2D eigenvalue weighted by atomic mass is 32.2. The molecule has 2 heterocycles. The lowest BCUT2D eigenvalue weighted by Crippen LogP contribution is -2.41. The zero-order valence-corrected chi connectivity index (χ0v) is 19.1. The molecule has 1 aromatic heterocycles. The Kier molecular flexibility index (Phi) is 6.45. The summed E-state index contributed by atoms with van der Waals surface area (Å²) in [4.78, 5) is 26.8. The second-order valence-electron chi connectivity index (χ2n) is 7.44. The van der Waals surface area contributed by atoms with Gasteiger partial charge in [-0.3, -0.25) is 14.5 Å². The number of benzene rings is 2. The first-order valence-electron chi connectivity index (χ1n) is 10.4. The van der Waals surface area contributed by atoms with Crippen LogP contribution in [-0.4, -0.2) is 38.9 Å². The van der Waals surface area contributed by atoms with E-state index in [0.29, 0.717) is 22.4 Å². The maximum Gasteiger partial charge on any atom is 0.265 e. The molecule has 0 saturated carbocycles. The number of para-hydroxylation sites is 3. The van der Waals surface area contributed by atoms with E-state index >= 15 is 0 Å². The third kappa shape index (κ3) is 4.34. The van der Waals surface area contributed by atoms with E-state index in [2.05, 4.69) is 22.4 Å². The Morgan fingerprint density at radius 1 is 1.19 bits per heavy atom. The number of aryl methyl sites for hydroxylation is 1. The summed E-state index contributed by atoms with van der Waals surface area (Å²) >= 11 is 1.31. The van der Waals surface area contributed by atoms with E-state index in [1.165, 1.54) is 11.8 Å². The van der Waals surface area contributed by atoms with Crippen LogP contribution in [0.2, 0.25) is 0 Å². The standard InChI is InChI=1S/C23H25N5O3S/c1-4-16-9-5-6-10-17(16)24-20(29)14-32-23-26-25-22(27(23)3)15(2)28-18-11-7-8-12-19(18)31-13-21(28)30/h5-12,15H,4,13-14H2,1-3H3,(H,24,29)/t15-/m0/s1. The summed E-state index contributed by atoms with van der Waals surface area (Å²) in [5, 5.41) is 12.1. The largest absolute Gasteiger partial charge is 0.482 e. The Labute approximate surface area is 191 Å². The van der Waals surface area contributed by atoms with Crippen molar-refractivity contribution in [2.75, 3.05) is 22.6 Å². The SMILES string of the molecule is CCc1ccccc1NC(=O)CSc1nnc([C@H](C)N2C(=O)COc3ccccc32)n1C. The van der Waals surface area contributed by atoms with Crippen molar-refractivity contribution in [3.63, 3.8) is 0 Å². The van der Waals surface area contributed by atoms with Gasteiger partial charge in [0.15, 0.2) is 17.6 Å². The van der Waals surface area contributed by atoms with Crippen LogP contribution in [0.4, 0.5) is 11.4 Å². The van der Waals surface area contributed by atoms with Crippen molar-refractivity contribution in [1.82, 2.24) is 14.8 Å². The van der Waals surface area contributed by atoms with Crippen LogP contribution in [0.15, 0.2) is 53.7 Å². The molecule has 1 aliphatic rings. The van der Waals surface area contributed by atoms with Gasteiger partial charge >= 0.3 is 0 Å².